The van der Waals surface area contributed by atoms with Crippen LogP contribution < -0.4 is 4.74 Å². The van der Waals surface area contributed by atoms with Gasteiger partial charge in [-0.2, -0.15) is 0 Å². The molecule has 0 saturated heterocycles. The summed E-state index contributed by atoms with van der Waals surface area (Å²) in [5, 5.41) is 10.3. The Morgan fingerprint density at radius 1 is 1.20 bits per heavy atom. The molecule has 0 bridgehead atoms. The van der Waals surface area contributed by atoms with Crippen LogP contribution in [0, 0.1) is 13.8 Å². The van der Waals surface area contributed by atoms with E-state index in [1.807, 2.05) is 44.2 Å². The predicted octanol–water partition coefficient (Wildman–Crippen LogP) is 6.67. The Morgan fingerprint density at radius 2 is 2.00 bits per heavy atom. The summed E-state index contributed by atoms with van der Waals surface area (Å²) in [5.41, 5.74) is 4.51. The zero-order valence-corrected chi connectivity index (χ0v) is 17.8. The highest BCUT2D eigenvalue weighted by molar-refractivity contribution is 6.31. The number of halogens is 2. The molecule has 0 fully saturated rings. The lowest BCUT2D eigenvalue weighted by molar-refractivity contribution is -0.136. The van der Waals surface area contributed by atoms with Crippen LogP contribution in [-0.2, 0) is 17.8 Å². The van der Waals surface area contributed by atoms with E-state index in [0.717, 1.165) is 33.4 Å². The second kappa shape index (κ2) is 9.81. The number of ether oxygens (including phenoxy) is 1. The minimum absolute atomic E-state index is 0.0988. The van der Waals surface area contributed by atoms with E-state index in [4.69, 9.17) is 25.9 Å². The van der Waals surface area contributed by atoms with Crippen LogP contribution in [0.15, 0.2) is 40.8 Å². The third-order valence-electron chi connectivity index (χ3n) is 5.08. The molecule has 3 rings (SSSR count). The van der Waals surface area contributed by atoms with Crippen molar-refractivity contribution < 1.29 is 23.4 Å². The van der Waals surface area contributed by atoms with Crippen molar-refractivity contribution in [1.29, 1.82) is 0 Å². The third-order valence-corrected chi connectivity index (χ3v) is 5.29. The molecule has 0 amide bonds. The molecule has 0 unspecified atom stereocenters. The topological polar surface area (TPSA) is 59.7 Å². The molecule has 30 heavy (non-hydrogen) atoms. The second-order valence-electron chi connectivity index (χ2n) is 7.17. The van der Waals surface area contributed by atoms with Crippen molar-refractivity contribution in [3.05, 3.63) is 69.4 Å². The highest BCUT2D eigenvalue weighted by atomic mass is 35.5. The fraction of sp³-hybridized carbons (Fsp3) is 0.292. The minimum atomic E-state index is -0.810. The van der Waals surface area contributed by atoms with Gasteiger partial charge in [0.05, 0.1) is 6.67 Å². The number of alkyl halides is 1. The van der Waals surface area contributed by atoms with Gasteiger partial charge in [-0.15, -0.1) is 0 Å². The number of carboxylic acid groups (broad SMARTS) is 1. The van der Waals surface area contributed by atoms with Crippen LogP contribution in [0.2, 0.25) is 5.02 Å². The quantitative estimate of drug-likeness (QED) is 0.411. The van der Waals surface area contributed by atoms with Crippen LogP contribution in [-0.4, -0.2) is 17.8 Å². The predicted molar refractivity (Wildman–Crippen MR) is 117 cm³/mol. The molecule has 158 valence electrons. The van der Waals surface area contributed by atoms with Crippen molar-refractivity contribution in [2.75, 3.05) is 6.67 Å². The first-order valence-electron chi connectivity index (χ1n) is 9.77. The number of benzene rings is 2. The molecular formula is C24H24ClFO4. The maximum atomic E-state index is 12.3. The van der Waals surface area contributed by atoms with Gasteiger partial charge in [-0.1, -0.05) is 23.7 Å². The number of carboxylic acids is 1. The van der Waals surface area contributed by atoms with Crippen LogP contribution >= 0.6 is 11.6 Å². The number of fused-ring (bicyclic) bond motifs is 1. The number of rotatable bonds is 9. The van der Waals surface area contributed by atoms with Gasteiger partial charge in [0.15, 0.2) is 0 Å². The van der Waals surface area contributed by atoms with Gasteiger partial charge in [0.25, 0.3) is 0 Å². The Kier molecular flexibility index (Phi) is 7.16. The average Bonchev–Trinajstić information content (AvgIpc) is 3.11. The van der Waals surface area contributed by atoms with Gasteiger partial charge >= 0.3 is 5.97 Å². The van der Waals surface area contributed by atoms with Crippen LogP contribution in [0.3, 0.4) is 0 Å². The number of hydrogen-bond acceptors (Lipinski definition) is 3. The van der Waals surface area contributed by atoms with E-state index in [0.29, 0.717) is 29.2 Å². The number of furan rings is 1. The zero-order chi connectivity index (χ0) is 21.7. The molecule has 0 aliphatic rings. The monoisotopic (exact) mass is 430 g/mol. The van der Waals surface area contributed by atoms with Gasteiger partial charge < -0.3 is 14.3 Å². The van der Waals surface area contributed by atoms with E-state index < -0.39 is 12.6 Å². The van der Waals surface area contributed by atoms with Crippen LogP contribution in [0.5, 0.6) is 5.75 Å². The Hall–Kier alpha value is -2.79. The van der Waals surface area contributed by atoms with Gasteiger partial charge in [0.2, 0.25) is 0 Å². The number of allylic oxidation sites excluding steroid dienone is 1. The summed E-state index contributed by atoms with van der Waals surface area (Å²) in [6.07, 6.45) is 4.41. The zero-order valence-electron chi connectivity index (χ0n) is 17.0. The summed E-state index contributed by atoms with van der Waals surface area (Å²) in [6, 6.07) is 9.28. The van der Waals surface area contributed by atoms with E-state index >= 15 is 0 Å². The molecule has 6 heteroatoms. The van der Waals surface area contributed by atoms with Gasteiger partial charge in [-0.3, -0.25) is 9.18 Å². The Balaban J connectivity index is 1.81. The van der Waals surface area contributed by atoms with Crippen LogP contribution in [0.4, 0.5) is 4.39 Å². The lowest BCUT2D eigenvalue weighted by Gasteiger charge is -2.14. The molecule has 3 aromatic rings. The van der Waals surface area contributed by atoms with Gasteiger partial charge in [-0.05, 0) is 73.7 Å². The smallest absolute Gasteiger partial charge is 0.303 e. The molecule has 2 aromatic carbocycles. The second-order valence-corrected chi connectivity index (χ2v) is 7.60. The van der Waals surface area contributed by atoms with E-state index in [2.05, 4.69) is 0 Å². The first kappa shape index (κ1) is 21.9. The van der Waals surface area contributed by atoms with Gasteiger partial charge in [0, 0.05) is 22.4 Å². The Morgan fingerprint density at radius 3 is 2.73 bits per heavy atom. The maximum Gasteiger partial charge on any atom is 0.303 e. The first-order valence-corrected chi connectivity index (χ1v) is 10.1. The van der Waals surface area contributed by atoms with Gasteiger partial charge in [-0.25, -0.2) is 0 Å². The van der Waals surface area contributed by atoms with Crippen LogP contribution in [0.25, 0.3) is 17.0 Å². The third kappa shape index (κ3) is 5.22. The Bertz CT molecular complexity index is 1080. The molecular weight excluding hydrogens is 407 g/mol. The highest BCUT2D eigenvalue weighted by Crippen LogP contribution is 2.30. The molecule has 0 atom stereocenters. The van der Waals surface area contributed by atoms with Crippen molar-refractivity contribution in [2.45, 2.75) is 39.7 Å². The van der Waals surface area contributed by atoms with Crippen LogP contribution in [0.1, 0.15) is 40.9 Å². The largest absolute Gasteiger partial charge is 0.488 e. The fourth-order valence-corrected chi connectivity index (χ4v) is 3.58. The van der Waals surface area contributed by atoms with Crippen molar-refractivity contribution in [3.63, 3.8) is 0 Å². The van der Waals surface area contributed by atoms with E-state index in [1.54, 1.807) is 12.2 Å². The van der Waals surface area contributed by atoms with Crippen molar-refractivity contribution in [1.82, 2.24) is 0 Å². The summed E-state index contributed by atoms with van der Waals surface area (Å²) in [7, 11) is 0. The maximum absolute atomic E-state index is 12.3. The van der Waals surface area contributed by atoms with E-state index in [9.17, 15) is 9.18 Å². The summed E-state index contributed by atoms with van der Waals surface area (Å²) in [6.45, 7) is 3.80. The fourth-order valence-electron chi connectivity index (χ4n) is 3.33. The number of aryl methyl sites for hydroxylation is 1. The highest BCUT2D eigenvalue weighted by Gasteiger charge is 2.13. The lowest BCUT2D eigenvalue weighted by atomic mass is 9.99. The average molecular weight is 431 g/mol. The summed E-state index contributed by atoms with van der Waals surface area (Å²) >= 11 is 6.27. The first-order chi connectivity index (χ1) is 14.4. The normalized spacial score (nSPS) is 11.5. The summed E-state index contributed by atoms with van der Waals surface area (Å²) < 4.78 is 24.3. The molecule has 0 spiro atoms. The molecule has 4 nitrogen and oxygen atoms in total. The van der Waals surface area contributed by atoms with Crippen molar-refractivity contribution in [3.8, 4) is 5.75 Å². The summed E-state index contributed by atoms with van der Waals surface area (Å²) in [5.74, 6) is 0.556. The lowest BCUT2D eigenvalue weighted by Crippen LogP contribution is -2.03. The number of aliphatic carboxylic acids is 1. The number of hydrogen-bond donors (Lipinski definition) is 1. The van der Waals surface area contributed by atoms with E-state index in [1.165, 1.54) is 0 Å². The number of carbonyl (C=O) groups is 1. The molecule has 0 aliphatic carbocycles. The summed E-state index contributed by atoms with van der Waals surface area (Å²) in [4.78, 5) is 10.8. The standard InChI is InChI=1S/C24H24ClFO4/c1-15-16(2)22(8-6-17(15)7-9-23(27)28)29-14-19-12-20(25)11-18-13-21(30-24(18)19)5-3-4-10-26/h3,5-6,8,11-13H,4,7,9-10,14H2,1-2H3,(H,27,28)/b5-3+. The van der Waals surface area contributed by atoms with Gasteiger partial charge in [0.1, 0.15) is 23.7 Å². The minimum Gasteiger partial charge on any atom is -0.488 e. The molecule has 0 saturated carbocycles. The molecule has 0 radical (unpaired) electrons. The van der Waals surface area contributed by atoms with Crippen molar-refractivity contribution in [2.24, 2.45) is 0 Å². The Labute approximate surface area is 179 Å². The SMILES string of the molecule is Cc1c(CCC(=O)O)ccc(OCc2cc(Cl)cc3cc(/C=C/CCF)oc23)c1C. The van der Waals surface area contributed by atoms with Crippen molar-refractivity contribution >= 4 is 34.6 Å². The molecule has 0 aliphatic heterocycles. The molecule has 1 aromatic heterocycles. The molecule has 1 heterocycles. The molecule has 1 N–H and O–H groups in total. The van der Waals surface area contributed by atoms with E-state index in [-0.39, 0.29) is 13.0 Å².